The molecule has 1 aliphatic carbocycles. The van der Waals surface area contributed by atoms with Gasteiger partial charge in [-0.25, -0.2) is 13.1 Å². The Labute approximate surface area is 126 Å². The van der Waals surface area contributed by atoms with E-state index in [4.69, 9.17) is 9.26 Å². The topological polar surface area (TPSA) is 81.4 Å². The monoisotopic (exact) mass is 316 g/mol. The van der Waals surface area contributed by atoms with Crippen LogP contribution in [0.1, 0.15) is 44.1 Å². The third-order valence-electron chi connectivity index (χ3n) is 4.00. The normalized spacial score (nSPS) is 23.4. The number of hydrogen-bond acceptors (Lipinski definition) is 5. The fourth-order valence-electron chi connectivity index (χ4n) is 2.85. The van der Waals surface area contributed by atoms with Gasteiger partial charge in [0.25, 0.3) is 0 Å². The van der Waals surface area contributed by atoms with Crippen molar-refractivity contribution in [2.45, 2.75) is 57.5 Å². The van der Waals surface area contributed by atoms with Gasteiger partial charge >= 0.3 is 0 Å². The molecule has 0 aliphatic heterocycles. The van der Waals surface area contributed by atoms with Crippen LogP contribution in [0.15, 0.2) is 9.42 Å². The summed E-state index contributed by atoms with van der Waals surface area (Å²) in [5, 5.41) is 3.67. The smallest absolute Gasteiger partial charge is 0.246 e. The Hall–Kier alpha value is -0.920. The van der Waals surface area contributed by atoms with Gasteiger partial charge < -0.3 is 9.26 Å². The summed E-state index contributed by atoms with van der Waals surface area (Å²) in [6.45, 7) is 6.05. The lowest BCUT2D eigenvalue weighted by Gasteiger charge is -2.28. The molecule has 0 amide bonds. The van der Waals surface area contributed by atoms with E-state index in [0.29, 0.717) is 24.0 Å². The molecule has 0 radical (unpaired) electrons. The molecule has 2 atom stereocenters. The van der Waals surface area contributed by atoms with Gasteiger partial charge in [-0.05, 0) is 32.6 Å². The highest BCUT2D eigenvalue weighted by atomic mass is 32.2. The molecule has 1 aliphatic rings. The highest BCUT2D eigenvalue weighted by Crippen LogP contribution is 2.26. The van der Waals surface area contributed by atoms with Crippen LogP contribution in [-0.4, -0.2) is 32.8 Å². The third-order valence-corrected chi connectivity index (χ3v) is 5.70. The predicted molar refractivity (Wildman–Crippen MR) is 78.5 cm³/mol. The Kier molecular flexibility index (Phi) is 5.40. The van der Waals surface area contributed by atoms with Crippen molar-refractivity contribution < 1.29 is 17.7 Å². The first-order chi connectivity index (χ1) is 9.92. The van der Waals surface area contributed by atoms with Gasteiger partial charge in [-0.15, -0.1) is 0 Å². The highest BCUT2D eigenvalue weighted by Gasteiger charge is 2.24. The molecule has 1 heterocycles. The molecule has 0 unspecified atom stereocenters. The van der Waals surface area contributed by atoms with Crippen LogP contribution in [0, 0.1) is 19.8 Å². The van der Waals surface area contributed by atoms with Crippen molar-refractivity contribution in [3.05, 3.63) is 11.5 Å². The van der Waals surface area contributed by atoms with Gasteiger partial charge in [0.15, 0.2) is 5.76 Å². The molecule has 2 rings (SSSR count). The summed E-state index contributed by atoms with van der Waals surface area (Å²) in [5.41, 5.74) is 0.377. The number of ether oxygens (including phenoxy) is 1. The first-order valence-corrected chi connectivity index (χ1v) is 8.94. The molecular formula is C14H24N2O4S. The highest BCUT2D eigenvalue weighted by molar-refractivity contribution is 7.89. The van der Waals surface area contributed by atoms with Gasteiger partial charge in [-0.2, -0.15) is 0 Å². The summed E-state index contributed by atoms with van der Waals surface area (Å²) < 4.78 is 37.6. The van der Waals surface area contributed by atoms with Crippen molar-refractivity contribution >= 4 is 10.0 Å². The average molecular weight is 316 g/mol. The maximum atomic E-state index is 12.2. The van der Waals surface area contributed by atoms with Crippen molar-refractivity contribution in [1.82, 2.24) is 9.88 Å². The molecule has 0 aromatic carbocycles. The van der Waals surface area contributed by atoms with Crippen LogP contribution >= 0.6 is 0 Å². The van der Waals surface area contributed by atoms with Crippen LogP contribution < -0.4 is 4.72 Å². The number of hydrogen-bond donors (Lipinski definition) is 1. The number of sulfonamides is 1. The van der Waals surface area contributed by atoms with E-state index in [0.717, 1.165) is 6.42 Å². The van der Waals surface area contributed by atoms with Crippen molar-refractivity contribution in [3.63, 3.8) is 0 Å². The second-order valence-corrected chi connectivity index (χ2v) is 7.43. The fraction of sp³-hybridized carbons (Fsp3) is 0.786. The van der Waals surface area contributed by atoms with Crippen molar-refractivity contribution in [1.29, 1.82) is 0 Å². The lowest BCUT2D eigenvalue weighted by Crippen LogP contribution is -2.32. The van der Waals surface area contributed by atoms with Crippen LogP contribution in [0.5, 0.6) is 0 Å². The largest absolute Gasteiger partial charge is 0.377 e. The quantitative estimate of drug-likeness (QED) is 0.813. The van der Waals surface area contributed by atoms with Crippen LogP contribution in [0.4, 0.5) is 0 Å². The van der Waals surface area contributed by atoms with Crippen LogP contribution in [0.3, 0.4) is 0 Å². The lowest BCUT2D eigenvalue weighted by atomic mass is 9.88. The van der Waals surface area contributed by atoms with Crippen molar-refractivity contribution in [2.75, 3.05) is 13.2 Å². The molecule has 1 aromatic rings. The summed E-state index contributed by atoms with van der Waals surface area (Å²) in [7, 11) is -3.58. The summed E-state index contributed by atoms with van der Waals surface area (Å²) >= 11 is 0. The van der Waals surface area contributed by atoms with E-state index in [-0.39, 0.29) is 17.5 Å². The number of aryl methyl sites for hydroxylation is 2. The second-order valence-electron chi connectivity index (χ2n) is 5.72. The molecule has 0 saturated heterocycles. The summed E-state index contributed by atoms with van der Waals surface area (Å²) in [4.78, 5) is 0.133. The lowest BCUT2D eigenvalue weighted by molar-refractivity contribution is -0.00177. The molecule has 120 valence electrons. The Balaban J connectivity index is 1.83. The molecule has 21 heavy (non-hydrogen) atoms. The van der Waals surface area contributed by atoms with E-state index in [2.05, 4.69) is 16.8 Å². The maximum Gasteiger partial charge on any atom is 0.246 e. The van der Waals surface area contributed by atoms with E-state index in [1.807, 2.05) is 0 Å². The second kappa shape index (κ2) is 6.89. The van der Waals surface area contributed by atoms with E-state index in [1.165, 1.54) is 19.3 Å². The molecule has 1 fully saturated rings. The van der Waals surface area contributed by atoms with E-state index in [9.17, 15) is 8.42 Å². The molecule has 1 aromatic heterocycles. The summed E-state index contributed by atoms with van der Waals surface area (Å²) in [5.74, 6) is 0.861. The van der Waals surface area contributed by atoms with Crippen LogP contribution in [0.25, 0.3) is 0 Å². The summed E-state index contributed by atoms with van der Waals surface area (Å²) in [6, 6.07) is 0. The minimum atomic E-state index is -3.58. The van der Waals surface area contributed by atoms with E-state index < -0.39 is 10.0 Å². The molecular weight excluding hydrogens is 292 g/mol. The Morgan fingerprint density at radius 3 is 2.67 bits per heavy atom. The first-order valence-electron chi connectivity index (χ1n) is 7.46. The molecule has 7 heteroatoms. The number of nitrogens with one attached hydrogen (secondary N) is 1. The third kappa shape index (κ3) is 4.05. The Morgan fingerprint density at radius 1 is 1.33 bits per heavy atom. The molecule has 1 saturated carbocycles. The Bertz CT molecular complexity index is 548. The number of nitrogens with zero attached hydrogens (tertiary/aromatic N) is 1. The maximum absolute atomic E-state index is 12.2. The van der Waals surface area contributed by atoms with E-state index in [1.54, 1.807) is 13.8 Å². The van der Waals surface area contributed by atoms with Gasteiger partial charge in [0.2, 0.25) is 10.0 Å². The molecule has 0 bridgehead atoms. The van der Waals surface area contributed by atoms with Crippen LogP contribution in [-0.2, 0) is 14.8 Å². The van der Waals surface area contributed by atoms with E-state index >= 15 is 0 Å². The fourth-order valence-corrected chi connectivity index (χ4v) is 4.18. The van der Waals surface area contributed by atoms with Gasteiger partial charge in [0.1, 0.15) is 10.6 Å². The van der Waals surface area contributed by atoms with Gasteiger partial charge in [-0.1, -0.05) is 24.9 Å². The standard InChI is InChI=1S/C14H24N2O4S/c1-10-6-4-5-7-13(10)19-9-8-15-21(17,18)14-11(2)16-20-12(14)3/h10,13,15H,4-9H2,1-3H3/t10-,13+/m1/s1. The summed E-state index contributed by atoms with van der Waals surface area (Å²) in [6.07, 6.45) is 4.97. The van der Waals surface area contributed by atoms with Gasteiger partial charge in [0.05, 0.1) is 12.7 Å². The minimum absolute atomic E-state index is 0.133. The first kappa shape index (κ1) is 16.5. The minimum Gasteiger partial charge on any atom is -0.377 e. The van der Waals surface area contributed by atoms with Gasteiger partial charge in [0, 0.05) is 6.54 Å². The van der Waals surface area contributed by atoms with Crippen molar-refractivity contribution in [3.8, 4) is 0 Å². The zero-order valence-electron chi connectivity index (χ0n) is 12.9. The van der Waals surface area contributed by atoms with Crippen molar-refractivity contribution in [2.24, 2.45) is 5.92 Å². The van der Waals surface area contributed by atoms with Gasteiger partial charge in [-0.3, -0.25) is 0 Å². The van der Waals surface area contributed by atoms with Crippen LogP contribution in [0.2, 0.25) is 0 Å². The molecule has 0 spiro atoms. The molecule has 6 nitrogen and oxygen atoms in total. The predicted octanol–water partition coefficient (Wildman–Crippen LogP) is 2.17. The zero-order valence-corrected chi connectivity index (χ0v) is 13.7. The number of aromatic nitrogens is 1. The number of rotatable bonds is 6. The Morgan fingerprint density at radius 2 is 2.05 bits per heavy atom. The molecule has 1 N–H and O–H groups in total. The SMILES string of the molecule is Cc1noc(C)c1S(=O)(=O)NCCO[C@H]1CCCC[C@H]1C. The zero-order chi connectivity index (χ0) is 15.5. The average Bonchev–Trinajstić information content (AvgIpc) is 2.77.